The predicted molar refractivity (Wildman–Crippen MR) is 80.8 cm³/mol. The van der Waals surface area contributed by atoms with E-state index in [1.54, 1.807) is 12.4 Å². The second kappa shape index (κ2) is 5.97. The van der Waals surface area contributed by atoms with E-state index >= 15 is 0 Å². The number of para-hydroxylation sites is 2. The summed E-state index contributed by atoms with van der Waals surface area (Å²) >= 11 is 0. The third-order valence-electron chi connectivity index (χ3n) is 2.85. The van der Waals surface area contributed by atoms with Crippen molar-refractivity contribution in [3.63, 3.8) is 0 Å². The molecule has 3 aromatic rings. The van der Waals surface area contributed by atoms with E-state index in [4.69, 9.17) is 0 Å². The van der Waals surface area contributed by atoms with Crippen molar-refractivity contribution in [2.75, 3.05) is 23.7 Å². The average molecular weight is 265 g/mol. The second-order valence-corrected chi connectivity index (χ2v) is 4.31. The van der Waals surface area contributed by atoms with E-state index in [2.05, 4.69) is 25.6 Å². The summed E-state index contributed by atoms with van der Waals surface area (Å²) in [6.45, 7) is 1.52. The lowest BCUT2D eigenvalue weighted by Crippen LogP contribution is -2.15. The molecule has 20 heavy (non-hydrogen) atoms. The number of fused-ring (bicyclic) bond motifs is 1. The fourth-order valence-electron chi connectivity index (χ4n) is 1.89. The molecular formula is C15H15N5. The normalized spacial score (nSPS) is 10.4. The van der Waals surface area contributed by atoms with Gasteiger partial charge in [0.25, 0.3) is 0 Å². The van der Waals surface area contributed by atoms with Crippen LogP contribution in [0, 0.1) is 0 Å². The van der Waals surface area contributed by atoms with Crippen molar-refractivity contribution >= 4 is 22.7 Å². The van der Waals surface area contributed by atoms with Crippen LogP contribution in [-0.2, 0) is 0 Å². The van der Waals surface area contributed by atoms with Crippen LogP contribution in [0.25, 0.3) is 11.0 Å². The molecule has 0 amide bonds. The molecule has 0 fully saturated rings. The summed E-state index contributed by atoms with van der Waals surface area (Å²) in [6.07, 6.45) is 3.52. The van der Waals surface area contributed by atoms with Gasteiger partial charge in [-0.3, -0.25) is 4.98 Å². The van der Waals surface area contributed by atoms with Gasteiger partial charge in [0, 0.05) is 19.3 Å². The number of benzene rings is 1. The Balaban J connectivity index is 1.55. The van der Waals surface area contributed by atoms with Gasteiger partial charge in [0.15, 0.2) is 0 Å². The maximum absolute atomic E-state index is 4.50. The summed E-state index contributed by atoms with van der Waals surface area (Å²) in [5.41, 5.74) is 1.81. The third-order valence-corrected chi connectivity index (χ3v) is 2.85. The Morgan fingerprint density at radius 1 is 0.750 bits per heavy atom. The highest BCUT2D eigenvalue weighted by Crippen LogP contribution is 2.10. The lowest BCUT2D eigenvalue weighted by molar-refractivity contribution is 1.04. The van der Waals surface area contributed by atoms with E-state index in [0.29, 0.717) is 0 Å². The van der Waals surface area contributed by atoms with Gasteiger partial charge in [-0.2, -0.15) is 0 Å². The maximum atomic E-state index is 4.50. The van der Waals surface area contributed by atoms with Crippen molar-refractivity contribution in [2.24, 2.45) is 0 Å². The van der Waals surface area contributed by atoms with Crippen molar-refractivity contribution < 1.29 is 0 Å². The van der Waals surface area contributed by atoms with E-state index in [1.165, 1.54) is 0 Å². The first-order valence-corrected chi connectivity index (χ1v) is 6.52. The van der Waals surface area contributed by atoms with Gasteiger partial charge in [-0.15, -0.1) is 0 Å². The fourth-order valence-corrected chi connectivity index (χ4v) is 1.89. The molecule has 0 unspecified atom stereocenters. The molecule has 5 nitrogen and oxygen atoms in total. The molecule has 1 aromatic carbocycles. The van der Waals surface area contributed by atoms with Crippen LogP contribution < -0.4 is 10.6 Å². The predicted octanol–water partition coefficient (Wildman–Crippen LogP) is 2.55. The minimum absolute atomic E-state index is 0.754. The number of pyridine rings is 1. The van der Waals surface area contributed by atoms with E-state index < -0.39 is 0 Å². The number of nitrogens with one attached hydrogen (secondary N) is 2. The van der Waals surface area contributed by atoms with Crippen LogP contribution >= 0.6 is 0 Å². The van der Waals surface area contributed by atoms with E-state index in [9.17, 15) is 0 Å². The monoisotopic (exact) mass is 265 g/mol. The molecule has 0 saturated heterocycles. The molecular weight excluding hydrogens is 250 g/mol. The highest BCUT2D eigenvalue weighted by Gasteiger charge is 1.98. The lowest BCUT2D eigenvalue weighted by Gasteiger charge is -2.07. The van der Waals surface area contributed by atoms with Crippen LogP contribution in [0.5, 0.6) is 0 Å². The quantitative estimate of drug-likeness (QED) is 0.694. The van der Waals surface area contributed by atoms with Crippen molar-refractivity contribution in [2.45, 2.75) is 0 Å². The van der Waals surface area contributed by atoms with Gasteiger partial charge in [0.1, 0.15) is 11.6 Å². The maximum Gasteiger partial charge on any atom is 0.145 e. The van der Waals surface area contributed by atoms with Gasteiger partial charge in [-0.1, -0.05) is 18.2 Å². The van der Waals surface area contributed by atoms with Gasteiger partial charge < -0.3 is 10.6 Å². The molecule has 0 bridgehead atoms. The fraction of sp³-hybridized carbons (Fsp3) is 0.133. The van der Waals surface area contributed by atoms with Crippen LogP contribution in [0.3, 0.4) is 0 Å². The molecule has 0 spiro atoms. The molecule has 0 radical (unpaired) electrons. The highest BCUT2D eigenvalue weighted by molar-refractivity contribution is 5.75. The van der Waals surface area contributed by atoms with Crippen LogP contribution in [0.4, 0.5) is 11.6 Å². The molecule has 2 aromatic heterocycles. The zero-order valence-corrected chi connectivity index (χ0v) is 11.0. The topological polar surface area (TPSA) is 62.7 Å². The summed E-state index contributed by atoms with van der Waals surface area (Å²) in [7, 11) is 0. The largest absolute Gasteiger partial charge is 0.368 e. The zero-order valence-electron chi connectivity index (χ0n) is 11.0. The second-order valence-electron chi connectivity index (χ2n) is 4.31. The molecule has 100 valence electrons. The minimum Gasteiger partial charge on any atom is -0.368 e. The van der Waals surface area contributed by atoms with Crippen molar-refractivity contribution in [3.05, 3.63) is 54.9 Å². The van der Waals surface area contributed by atoms with Gasteiger partial charge >= 0.3 is 0 Å². The van der Waals surface area contributed by atoms with E-state index in [1.807, 2.05) is 42.5 Å². The van der Waals surface area contributed by atoms with Crippen molar-refractivity contribution in [3.8, 4) is 0 Å². The Kier molecular flexibility index (Phi) is 3.68. The van der Waals surface area contributed by atoms with Gasteiger partial charge in [0.2, 0.25) is 0 Å². The number of hydrogen-bond donors (Lipinski definition) is 2. The number of aromatic nitrogens is 3. The SMILES string of the molecule is c1ccc(NCCNc2cnc3ccccc3n2)nc1. The summed E-state index contributed by atoms with van der Waals surface area (Å²) in [5.74, 6) is 1.66. The van der Waals surface area contributed by atoms with Gasteiger partial charge in [-0.25, -0.2) is 9.97 Å². The zero-order chi connectivity index (χ0) is 13.6. The Bertz CT molecular complexity index is 684. The van der Waals surface area contributed by atoms with Gasteiger partial charge in [0.05, 0.1) is 17.2 Å². The number of hydrogen-bond acceptors (Lipinski definition) is 5. The van der Waals surface area contributed by atoms with Crippen LogP contribution in [0.1, 0.15) is 0 Å². The number of anilines is 2. The molecule has 0 atom stereocenters. The smallest absolute Gasteiger partial charge is 0.145 e. The first-order chi connectivity index (χ1) is 9.92. The number of nitrogens with zero attached hydrogens (tertiary/aromatic N) is 3. The average Bonchev–Trinajstić information content (AvgIpc) is 2.52. The van der Waals surface area contributed by atoms with Crippen molar-refractivity contribution in [1.29, 1.82) is 0 Å². The summed E-state index contributed by atoms with van der Waals surface area (Å²) in [6, 6.07) is 13.6. The first kappa shape index (κ1) is 12.3. The Hall–Kier alpha value is -2.69. The Morgan fingerprint density at radius 2 is 1.50 bits per heavy atom. The third kappa shape index (κ3) is 3.00. The Morgan fingerprint density at radius 3 is 2.30 bits per heavy atom. The number of rotatable bonds is 5. The molecule has 3 rings (SSSR count). The highest BCUT2D eigenvalue weighted by atomic mass is 15.0. The molecule has 2 heterocycles. The molecule has 0 aliphatic rings. The summed E-state index contributed by atoms with van der Waals surface area (Å²) in [5, 5.41) is 6.47. The molecule has 0 saturated carbocycles. The van der Waals surface area contributed by atoms with Crippen LogP contribution in [-0.4, -0.2) is 28.0 Å². The minimum atomic E-state index is 0.754. The van der Waals surface area contributed by atoms with E-state index in [-0.39, 0.29) is 0 Å². The Labute approximate surface area is 117 Å². The molecule has 0 aliphatic heterocycles. The summed E-state index contributed by atoms with van der Waals surface area (Å²) in [4.78, 5) is 13.1. The summed E-state index contributed by atoms with van der Waals surface area (Å²) < 4.78 is 0. The van der Waals surface area contributed by atoms with Crippen molar-refractivity contribution in [1.82, 2.24) is 15.0 Å². The van der Waals surface area contributed by atoms with Crippen LogP contribution in [0.15, 0.2) is 54.9 Å². The molecule has 5 heteroatoms. The first-order valence-electron chi connectivity index (χ1n) is 6.52. The van der Waals surface area contributed by atoms with Gasteiger partial charge in [-0.05, 0) is 24.3 Å². The molecule has 0 aliphatic carbocycles. The standard InChI is InChI=1S/C15H15N5/c1-2-6-13-12(5-1)19-11-15(20-13)18-10-9-17-14-7-3-4-8-16-14/h1-8,11H,9-10H2,(H,16,17)(H,18,20). The van der Waals surface area contributed by atoms with E-state index in [0.717, 1.165) is 35.8 Å². The van der Waals surface area contributed by atoms with Crippen LogP contribution in [0.2, 0.25) is 0 Å². The lowest BCUT2D eigenvalue weighted by atomic mass is 10.3. The molecule has 2 N–H and O–H groups in total.